The first kappa shape index (κ1) is 14.0. The van der Waals surface area contributed by atoms with Gasteiger partial charge in [0.2, 0.25) is 0 Å². The summed E-state index contributed by atoms with van der Waals surface area (Å²) in [5.74, 6) is -1.25. The van der Waals surface area contributed by atoms with Gasteiger partial charge in [-0.25, -0.2) is 14.2 Å². The quantitative estimate of drug-likeness (QED) is 0.875. The number of hydrogen-bond donors (Lipinski definition) is 1. The lowest BCUT2D eigenvalue weighted by molar-refractivity contribution is 0.0696. The van der Waals surface area contributed by atoms with Crippen molar-refractivity contribution in [3.8, 4) is 6.07 Å². The standard InChI is InChI=1S/C14H9FN2O2S/c15-11-4-3-9(14(18)19)6-13(11)20-8-10-2-1-5-17-12(10)7-16/h1-6H,8H2,(H,18,19). The van der Waals surface area contributed by atoms with Gasteiger partial charge in [-0.15, -0.1) is 11.8 Å². The maximum Gasteiger partial charge on any atom is 0.335 e. The van der Waals surface area contributed by atoms with Gasteiger partial charge in [0.1, 0.15) is 17.6 Å². The van der Waals surface area contributed by atoms with Gasteiger partial charge in [-0.05, 0) is 29.8 Å². The predicted molar refractivity (Wildman–Crippen MR) is 71.9 cm³/mol. The summed E-state index contributed by atoms with van der Waals surface area (Å²) in [7, 11) is 0. The first-order chi connectivity index (χ1) is 9.61. The minimum Gasteiger partial charge on any atom is -0.478 e. The van der Waals surface area contributed by atoms with E-state index in [4.69, 9.17) is 10.4 Å². The van der Waals surface area contributed by atoms with Crippen molar-refractivity contribution in [2.45, 2.75) is 10.6 Å². The van der Waals surface area contributed by atoms with E-state index in [2.05, 4.69) is 4.98 Å². The van der Waals surface area contributed by atoms with E-state index in [0.717, 1.165) is 17.8 Å². The summed E-state index contributed by atoms with van der Waals surface area (Å²) < 4.78 is 13.6. The minimum atomic E-state index is -1.11. The number of aromatic nitrogens is 1. The minimum absolute atomic E-state index is 0.0283. The average molecular weight is 288 g/mol. The molecule has 0 radical (unpaired) electrons. The van der Waals surface area contributed by atoms with Crippen LogP contribution in [0, 0.1) is 17.1 Å². The van der Waals surface area contributed by atoms with Crippen molar-refractivity contribution in [3.63, 3.8) is 0 Å². The van der Waals surface area contributed by atoms with Gasteiger partial charge >= 0.3 is 5.97 Å². The number of carboxylic acids is 1. The van der Waals surface area contributed by atoms with Crippen LogP contribution in [0.3, 0.4) is 0 Å². The Morgan fingerprint density at radius 3 is 2.95 bits per heavy atom. The van der Waals surface area contributed by atoms with Crippen molar-refractivity contribution in [2.24, 2.45) is 0 Å². The summed E-state index contributed by atoms with van der Waals surface area (Å²) in [6, 6.07) is 9.02. The van der Waals surface area contributed by atoms with E-state index in [1.807, 2.05) is 6.07 Å². The van der Waals surface area contributed by atoms with E-state index < -0.39 is 11.8 Å². The maximum atomic E-state index is 13.6. The van der Waals surface area contributed by atoms with Crippen LogP contribution in [0.2, 0.25) is 0 Å². The lowest BCUT2D eigenvalue weighted by atomic mass is 10.2. The zero-order valence-corrected chi connectivity index (χ0v) is 11.0. The molecule has 0 unspecified atom stereocenters. The average Bonchev–Trinajstić information content (AvgIpc) is 2.46. The fourth-order valence-corrected chi connectivity index (χ4v) is 2.52. The number of rotatable bonds is 4. The van der Waals surface area contributed by atoms with Gasteiger partial charge in [0, 0.05) is 16.8 Å². The smallest absolute Gasteiger partial charge is 0.335 e. The molecule has 0 fully saturated rings. The van der Waals surface area contributed by atoms with E-state index in [1.165, 1.54) is 18.3 Å². The number of carboxylic acid groups (broad SMARTS) is 1. The Kier molecular flexibility index (Phi) is 4.33. The van der Waals surface area contributed by atoms with Crippen LogP contribution in [-0.2, 0) is 5.75 Å². The van der Waals surface area contributed by atoms with Crippen molar-refractivity contribution in [3.05, 3.63) is 59.2 Å². The Labute approximate surface area is 118 Å². The highest BCUT2D eigenvalue weighted by Gasteiger charge is 2.10. The summed E-state index contributed by atoms with van der Waals surface area (Å²) >= 11 is 1.13. The fraction of sp³-hybridized carbons (Fsp3) is 0.0714. The topological polar surface area (TPSA) is 74.0 Å². The van der Waals surface area contributed by atoms with Crippen molar-refractivity contribution in [1.82, 2.24) is 4.98 Å². The van der Waals surface area contributed by atoms with Crippen LogP contribution in [0.25, 0.3) is 0 Å². The maximum absolute atomic E-state index is 13.6. The zero-order valence-electron chi connectivity index (χ0n) is 10.2. The van der Waals surface area contributed by atoms with E-state index in [1.54, 1.807) is 12.1 Å². The molecule has 0 saturated carbocycles. The number of nitriles is 1. The third-order valence-electron chi connectivity index (χ3n) is 2.56. The van der Waals surface area contributed by atoms with E-state index in [9.17, 15) is 9.18 Å². The van der Waals surface area contributed by atoms with Crippen LogP contribution < -0.4 is 0 Å². The Morgan fingerprint density at radius 2 is 2.25 bits per heavy atom. The summed E-state index contributed by atoms with van der Waals surface area (Å²) in [5, 5.41) is 17.8. The number of hydrogen-bond acceptors (Lipinski definition) is 4. The third kappa shape index (κ3) is 3.13. The summed E-state index contributed by atoms with van der Waals surface area (Å²) in [6.07, 6.45) is 1.51. The molecule has 100 valence electrons. The molecule has 1 N–H and O–H groups in total. The molecule has 4 nitrogen and oxygen atoms in total. The summed E-state index contributed by atoms with van der Waals surface area (Å²) in [4.78, 5) is 15.0. The summed E-state index contributed by atoms with van der Waals surface area (Å²) in [5.41, 5.74) is 0.996. The Morgan fingerprint density at radius 1 is 1.45 bits per heavy atom. The predicted octanol–water partition coefficient (Wildman–Crippen LogP) is 3.08. The second-order valence-electron chi connectivity index (χ2n) is 3.86. The molecule has 0 aliphatic heterocycles. The van der Waals surface area contributed by atoms with Crippen molar-refractivity contribution < 1.29 is 14.3 Å². The molecular weight excluding hydrogens is 279 g/mol. The van der Waals surface area contributed by atoms with Gasteiger partial charge < -0.3 is 5.11 Å². The SMILES string of the molecule is N#Cc1ncccc1CSc1cc(C(=O)O)ccc1F. The third-order valence-corrected chi connectivity index (χ3v) is 3.64. The van der Waals surface area contributed by atoms with Crippen LogP contribution in [-0.4, -0.2) is 16.1 Å². The first-order valence-corrected chi connectivity index (χ1v) is 6.60. The number of pyridine rings is 1. The van der Waals surface area contributed by atoms with Gasteiger partial charge in [-0.1, -0.05) is 6.07 Å². The molecule has 20 heavy (non-hydrogen) atoms. The van der Waals surface area contributed by atoms with Gasteiger partial charge in [0.25, 0.3) is 0 Å². The van der Waals surface area contributed by atoms with Crippen LogP contribution in [0.5, 0.6) is 0 Å². The van der Waals surface area contributed by atoms with E-state index in [-0.39, 0.29) is 16.2 Å². The number of thioether (sulfide) groups is 1. The van der Waals surface area contributed by atoms with Gasteiger partial charge in [-0.2, -0.15) is 5.26 Å². The Balaban J connectivity index is 2.21. The van der Waals surface area contributed by atoms with Gasteiger partial charge in [-0.3, -0.25) is 0 Å². The molecular formula is C14H9FN2O2S. The number of nitrogens with zero attached hydrogens (tertiary/aromatic N) is 2. The monoisotopic (exact) mass is 288 g/mol. The number of aromatic carboxylic acids is 1. The van der Waals surface area contributed by atoms with Crippen LogP contribution in [0.4, 0.5) is 4.39 Å². The fourth-order valence-electron chi connectivity index (χ4n) is 1.56. The normalized spacial score (nSPS) is 10.0. The molecule has 2 rings (SSSR count). The highest BCUT2D eigenvalue weighted by Crippen LogP contribution is 2.27. The Bertz CT molecular complexity index is 698. The van der Waals surface area contributed by atoms with Crippen LogP contribution in [0.15, 0.2) is 41.4 Å². The van der Waals surface area contributed by atoms with Crippen molar-refractivity contribution in [2.75, 3.05) is 0 Å². The van der Waals surface area contributed by atoms with Crippen LogP contribution in [0.1, 0.15) is 21.6 Å². The number of benzene rings is 1. The lowest BCUT2D eigenvalue weighted by Crippen LogP contribution is -1.97. The lowest BCUT2D eigenvalue weighted by Gasteiger charge is -2.05. The molecule has 0 saturated heterocycles. The molecule has 0 aliphatic carbocycles. The Hall–Kier alpha value is -2.39. The largest absolute Gasteiger partial charge is 0.478 e. The highest BCUT2D eigenvalue weighted by atomic mass is 32.2. The van der Waals surface area contributed by atoms with Crippen molar-refractivity contribution >= 4 is 17.7 Å². The van der Waals surface area contributed by atoms with Crippen molar-refractivity contribution in [1.29, 1.82) is 5.26 Å². The molecule has 0 bridgehead atoms. The summed E-state index contributed by atoms with van der Waals surface area (Å²) in [6.45, 7) is 0. The molecule has 6 heteroatoms. The molecule has 1 aromatic carbocycles. The number of halogens is 1. The first-order valence-electron chi connectivity index (χ1n) is 5.61. The van der Waals surface area contributed by atoms with Gasteiger partial charge in [0.15, 0.2) is 0 Å². The highest BCUT2D eigenvalue weighted by molar-refractivity contribution is 7.98. The molecule has 1 aromatic heterocycles. The van der Waals surface area contributed by atoms with E-state index >= 15 is 0 Å². The van der Waals surface area contributed by atoms with Crippen LogP contribution >= 0.6 is 11.8 Å². The molecule has 0 aliphatic rings. The molecule has 0 amide bonds. The number of carbonyl (C=O) groups is 1. The van der Waals surface area contributed by atoms with E-state index in [0.29, 0.717) is 11.3 Å². The molecule has 0 atom stereocenters. The zero-order chi connectivity index (χ0) is 14.5. The molecule has 2 aromatic rings. The second kappa shape index (κ2) is 6.17. The second-order valence-corrected chi connectivity index (χ2v) is 4.88. The molecule has 0 spiro atoms. The van der Waals surface area contributed by atoms with Gasteiger partial charge in [0.05, 0.1) is 5.56 Å². The molecule has 1 heterocycles.